The van der Waals surface area contributed by atoms with E-state index in [-0.39, 0.29) is 47.2 Å². The Morgan fingerprint density at radius 3 is 2.51 bits per heavy atom. The Labute approximate surface area is 209 Å². The van der Waals surface area contributed by atoms with Crippen LogP contribution in [0, 0.1) is 12.7 Å². The number of nitrogens with zero attached hydrogens (tertiary/aromatic N) is 6. The summed E-state index contributed by atoms with van der Waals surface area (Å²) >= 11 is 0. The van der Waals surface area contributed by atoms with Crippen LogP contribution in [0.25, 0.3) is 16.7 Å². The fourth-order valence-corrected chi connectivity index (χ4v) is 5.56. The summed E-state index contributed by atoms with van der Waals surface area (Å²) in [6.07, 6.45) is -1.70. The first-order chi connectivity index (χ1) is 17.6. The minimum absolute atomic E-state index is 0.0230. The van der Waals surface area contributed by atoms with Gasteiger partial charge in [-0.05, 0) is 19.9 Å². The molecule has 194 valence electrons. The van der Waals surface area contributed by atoms with Crippen LogP contribution in [0.4, 0.5) is 19.0 Å². The van der Waals surface area contributed by atoms with E-state index in [9.17, 15) is 26.4 Å². The molecule has 14 heteroatoms. The zero-order valence-corrected chi connectivity index (χ0v) is 20.6. The predicted molar refractivity (Wildman–Crippen MR) is 129 cm³/mol. The van der Waals surface area contributed by atoms with Gasteiger partial charge >= 0.3 is 0 Å². The molecule has 1 N–H and O–H groups in total. The summed E-state index contributed by atoms with van der Waals surface area (Å²) < 4.78 is 66.3. The lowest BCUT2D eigenvalue weighted by molar-refractivity contribution is 0.0771. The number of aromatic nitrogens is 5. The molecule has 3 aromatic heterocycles. The molecule has 5 rings (SSSR count). The smallest absolute Gasteiger partial charge is 0.266 e. The van der Waals surface area contributed by atoms with Crippen molar-refractivity contribution in [1.29, 1.82) is 0 Å². The molecule has 1 aliphatic heterocycles. The molecule has 1 aromatic carbocycles. The zero-order valence-electron chi connectivity index (χ0n) is 19.8. The number of hydrogen-bond donors (Lipinski definition) is 1. The highest BCUT2D eigenvalue weighted by Gasteiger charge is 2.29. The number of halogens is 3. The van der Waals surface area contributed by atoms with Gasteiger partial charge in [0.25, 0.3) is 12.3 Å². The van der Waals surface area contributed by atoms with E-state index in [1.807, 2.05) is 0 Å². The summed E-state index contributed by atoms with van der Waals surface area (Å²) in [5.41, 5.74) is 0.0526. The number of sulfone groups is 1. The van der Waals surface area contributed by atoms with Crippen molar-refractivity contribution in [2.24, 2.45) is 0 Å². The van der Waals surface area contributed by atoms with Gasteiger partial charge in [0.1, 0.15) is 23.8 Å². The lowest BCUT2D eigenvalue weighted by Gasteiger charge is -2.27. The van der Waals surface area contributed by atoms with Crippen LogP contribution < -0.4 is 5.32 Å². The predicted octanol–water partition coefficient (Wildman–Crippen LogP) is 3.10. The number of amides is 1. The van der Waals surface area contributed by atoms with Crippen LogP contribution in [-0.2, 0) is 9.84 Å². The third-order valence-electron chi connectivity index (χ3n) is 6.29. The minimum atomic E-state index is -3.20. The van der Waals surface area contributed by atoms with Gasteiger partial charge in [0.05, 0.1) is 34.1 Å². The van der Waals surface area contributed by atoms with Gasteiger partial charge in [-0.1, -0.05) is 18.2 Å². The van der Waals surface area contributed by atoms with Gasteiger partial charge in [-0.25, -0.2) is 36.5 Å². The molecule has 4 aromatic rings. The summed E-state index contributed by atoms with van der Waals surface area (Å²) in [5.74, 6) is -1.12. The highest BCUT2D eigenvalue weighted by Crippen LogP contribution is 2.31. The van der Waals surface area contributed by atoms with Gasteiger partial charge in [-0.15, -0.1) is 0 Å². The molecule has 0 aliphatic carbocycles. The first-order valence-electron chi connectivity index (χ1n) is 11.4. The number of carbonyl (C=O) groups excluding carboxylic acids is 1. The van der Waals surface area contributed by atoms with E-state index in [0.717, 1.165) is 6.07 Å². The van der Waals surface area contributed by atoms with Crippen molar-refractivity contribution in [3.63, 3.8) is 0 Å². The Morgan fingerprint density at radius 1 is 1.11 bits per heavy atom. The van der Waals surface area contributed by atoms with Gasteiger partial charge < -0.3 is 10.2 Å². The SMILES string of the molecule is Cc1nc(N[C@H](C)c2cccc(C(F)F)c2F)c2cc(C(=O)N3CCS(=O)(=O)CC3)c3ncnn3c2n1. The molecule has 0 bridgehead atoms. The van der Waals surface area contributed by atoms with Gasteiger partial charge in [-0.2, -0.15) is 9.61 Å². The minimum Gasteiger partial charge on any atom is -0.363 e. The molecule has 1 saturated heterocycles. The van der Waals surface area contributed by atoms with E-state index in [1.165, 1.54) is 33.9 Å². The lowest BCUT2D eigenvalue weighted by atomic mass is 10.0. The van der Waals surface area contributed by atoms with E-state index in [0.29, 0.717) is 16.9 Å². The molecule has 37 heavy (non-hydrogen) atoms. The molecular formula is C23H22F3N7O3S. The molecule has 1 amide bonds. The third kappa shape index (κ3) is 4.56. The molecule has 4 heterocycles. The molecule has 10 nitrogen and oxygen atoms in total. The van der Waals surface area contributed by atoms with Crippen LogP contribution in [-0.4, -0.2) is 68.4 Å². The van der Waals surface area contributed by atoms with E-state index >= 15 is 0 Å². The topological polar surface area (TPSA) is 122 Å². The van der Waals surface area contributed by atoms with Gasteiger partial charge in [0.2, 0.25) is 0 Å². The van der Waals surface area contributed by atoms with Gasteiger partial charge in [0.15, 0.2) is 21.1 Å². The Hall–Kier alpha value is -3.81. The second kappa shape index (κ2) is 9.25. The van der Waals surface area contributed by atoms with E-state index < -0.39 is 39.6 Å². The van der Waals surface area contributed by atoms with Crippen molar-refractivity contribution in [2.45, 2.75) is 26.3 Å². The van der Waals surface area contributed by atoms with Crippen molar-refractivity contribution in [2.75, 3.05) is 29.9 Å². The second-order valence-electron chi connectivity index (χ2n) is 8.77. The molecule has 1 atom stereocenters. The Kier molecular flexibility index (Phi) is 6.22. The highest BCUT2D eigenvalue weighted by atomic mass is 32.2. The van der Waals surface area contributed by atoms with Crippen molar-refractivity contribution < 1.29 is 26.4 Å². The number of carbonyl (C=O) groups is 1. The normalized spacial score (nSPS) is 16.4. The molecule has 0 spiro atoms. The first-order valence-corrected chi connectivity index (χ1v) is 13.2. The van der Waals surface area contributed by atoms with Crippen molar-refractivity contribution in [3.8, 4) is 0 Å². The summed E-state index contributed by atoms with van der Waals surface area (Å²) in [7, 11) is -3.20. The van der Waals surface area contributed by atoms with E-state index in [4.69, 9.17) is 0 Å². The van der Waals surface area contributed by atoms with Crippen molar-refractivity contribution in [3.05, 3.63) is 58.9 Å². The highest BCUT2D eigenvalue weighted by molar-refractivity contribution is 7.91. The molecule has 0 radical (unpaired) electrons. The number of rotatable bonds is 5. The van der Waals surface area contributed by atoms with Crippen LogP contribution in [0.1, 0.15) is 46.7 Å². The first kappa shape index (κ1) is 24.9. The Bertz CT molecular complexity index is 1630. The summed E-state index contributed by atoms with van der Waals surface area (Å²) in [6, 6.07) is 4.56. The number of anilines is 1. The molecule has 0 saturated carbocycles. The quantitative estimate of drug-likeness (QED) is 0.415. The summed E-state index contributed by atoms with van der Waals surface area (Å²) in [6.45, 7) is 3.34. The lowest BCUT2D eigenvalue weighted by Crippen LogP contribution is -2.43. The van der Waals surface area contributed by atoms with Crippen LogP contribution in [0.3, 0.4) is 0 Å². The molecule has 0 unspecified atom stereocenters. The van der Waals surface area contributed by atoms with Crippen molar-refractivity contribution in [1.82, 2.24) is 29.5 Å². The Balaban J connectivity index is 1.59. The molecular weight excluding hydrogens is 511 g/mol. The number of alkyl halides is 2. The number of nitrogens with one attached hydrogen (secondary N) is 1. The van der Waals surface area contributed by atoms with Crippen LogP contribution in [0.5, 0.6) is 0 Å². The maximum Gasteiger partial charge on any atom is 0.266 e. The fourth-order valence-electron chi connectivity index (χ4n) is 4.36. The van der Waals surface area contributed by atoms with E-state index in [1.54, 1.807) is 13.8 Å². The number of fused-ring (bicyclic) bond motifs is 3. The standard InChI is InChI=1S/C23H22F3N7O3S/c1-12(14-4-3-5-15(18(14)24)19(25)26)29-20-16-10-17(23(34)32-6-8-37(35,36)9-7-32)21-27-11-28-33(21)22(16)31-13(2)30-20/h3-5,10-12,19H,6-9H2,1-2H3,(H,29,30,31)/t12-/m1/s1. The molecule has 1 aliphatic rings. The average Bonchev–Trinajstić information content (AvgIpc) is 3.33. The number of hydrogen-bond acceptors (Lipinski definition) is 8. The van der Waals surface area contributed by atoms with Crippen LogP contribution in [0.15, 0.2) is 30.6 Å². The maximum atomic E-state index is 14.8. The number of benzene rings is 1. The largest absolute Gasteiger partial charge is 0.363 e. The van der Waals surface area contributed by atoms with Gasteiger partial charge in [0, 0.05) is 18.7 Å². The summed E-state index contributed by atoms with van der Waals surface area (Å²) in [5, 5.41) is 7.63. The van der Waals surface area contributed by atoms with Crippen LogP contribution >= 0.6 is 0 Å². The van der Waals surface area contributed by atoms with Crippen molar-refractivity contribution >= 4 is 38.2 Å². The second-order valence-corrected chi connectivity index (χ2v) is 11.1. The van der Waals surface area contributed by atoms with Gasteiger partial charge in [-0.3, -0.25) is 4.79 Å². The third-order valence-corrected chi connectivity index (χ3v) is 7.90. The molecule has 1 fully saturated rings. The van der Waals surface area contributed by atoms with Crippen LogP contribution in [0.2, 0.25) is 0 Å². The summed E-state index contributed by atoms with van der Waals surface area (Å²) in [4.78, 5) is 27.9. The Morgan fingerprint density at radius 2 is 1.81 bits per heavy atom. The average molecular weight is 534 g/mol. The zero-order chi connectivity index (χ0) is 26.5. The fraction of sp³-hybridized carbons (Fsp3) is 0.348. The monoisotopic (exact) mass is 533 g/mol. The number of pyridine rings is 1. The van der Waals surface area contributed by atoms with E-state index in [2.05, 4.69) is 25.4 Å². The maximum absolute atomic E-state index is 14.8. The number of aryl methyl sites for hydroxylation is 1.